The second-order valence-electron chi connectivity index (χ2n) is 7.78. The summed E-state index contributed by atoms with van der Waals surface area (Å²) >= 11 is 0. The third-order valence-electron chi connectivity index (χ3n) is 5.87. The number of benzene rings is 2. The quantitative estimate of drug-likeness (QED) is 0.280. The van der Waals surface area contributed by atoms with Crippen molar-refractivity contribution in [1.82, 2.24) is 9.97 Å². The van der Waals surface area contributed by atoms with Gasteiger partial charge in [0.1, 0.15) is 11.6 Å². The van der Waals surface area contributed by atoms with Gasteiger partial charge < -0.3 is 25.3 Å². The molecule has 0 aliphatic carbocycles. The first kappa shape index (κ1) is 21.5. The Morgan fingerprint density at radius 1 is 0.710 bits per heavy atom. The van der Waals surface area contributed by atoms with Gasteiger partial charge in [0.15, 0.2) is 0 Å². The van der Waals surface area contributed by atoms with Crippen LogP contribution in [0.15, 0.2) is 36.4 Å². The van der Waals surface area contributed by atoms with Gasteiger partial charge in [-0.25, -0.2) is 8.78 Å². The van der Waals surface area contributed by atoms with Gasteiger partial charge in [-0.2, -0.15) is 0 Å². The molecule has 0 saturated heterocycles. The molecule has 0 aliphatic rings. The Labute approximate surface area is 178 Å². The van der Waals surface area contributed by atoms with E-state index in [-0.39, 0.29) is 37.4 Å². The highest BCUT2D eigenvalue weighted by atomic mass is 19.1. The van der Waals surface area contributed by atoms with Crippen LogP contribution in [0, 0.1) is 11.6 Å². The zero-order valence-corrected chi connectivity index (χ0v) is 17.1. The maximum absolute atomic E-state index is 14.0. The van der Waals surface area contributed by atoms with Crippen LogP contribution in [0.2, 0.25) is 0 Å². The monoisotopic (exact) mass is 428 g/mol. The lowest BCUT2D eigenvalue weighted by molar-refractivity contribution is 0.280. The van der Waals surface area contributed by atoms with Crippen LogP contribution in [-0.2, 0) is 12.8 Å². The van der Waals surface area contributed by atoms with Crippen molar-refractivity contribution in [2.24, 2.45) is 0 Å². The van der Waals surface area contributed by atoms with Crippen molar-refractivity contribution in [1.29, 1.82) is 0 Å². The molecule has 5 N–H and O–H groups in total. The minimum Gasteiger partial charge on any atom is -0.396 e. The highest BCUT2D eigenvalue weighted by Crippen LogP contribution is 2.39. The number of halogens is 2. The number of nitrogens with one attached hydrogen (secondary N) is 2. The van der Waals surface area contributed by atoms with Gasteiger partial charge in [0.2, 0.25) is 0 Å². The van der Waals surface area contributed by atoms with Crippen molar-refractivity contribution < 1.29 is 24.1 Å². The predicted octanol–water partition coefficient (Wildman–Crippen LogP) is 3.90. The maximum atomic E-state index is 14.0. The smallest absolute Gasteiger partial charge is 0.123 e. The summed E-state index contributed by atoms with van der Waals surface area (Å²) in [6, 6.07) is 9.03. The van der Waals surface area contributed by atoms with Crippen LogP contribution in [0.1, 0.15) is 41.3 Å². The molecule has 4 rings (SSSR count). The third-order valence-corrected chi connectivity index (χ3v) is 5.87. The van der Waals surface area contributed by atoms with E-state index in [0.717, 1.165) is 33.5 Å². The van der Waals surface area contributed by atoms with E-state index in [1.54, 1.807) is 12.1 Å². The number of aromatic nitrogens is 2. The van der Waals surface area contributed by atoms with Crippen LogP contribution in [0.3, 0.4) is 0 Å². The summed E-state index contributed by atoms with van der Waals surface area (Å²) in [5, 5.41) is 30.3. The molecule has 0 fully saturated rings. The Bertz CT molecular complexity index is 1110. The number of H-pyrrole nitrogens is 2. The number of hydrogen-bond acceptors (Lipinski definition) is 3. The van der Waals surface area contributed by atoms with E-state index in [1.807, 2.05) is 0 Å². The number of aromatic amines is 2. The van der Waals surface area contributed by atoms with E-state index in [4.69, 9.17) is 0 Å². The second-order valence-corrected chi connectivity index (χ2v) is 7.78. The molecule has 2 aromatic carbocycles. The van der Waals surface area contributed by atoms with Crippen molar-refractivity contribution in [2.75, 3.05) is 19.8 Å². The van der Waals surface area contributed by atoms with Crippen LogP contribution >= 0.6 is 0 Å². The van der Waals surface area contributed by atoms with E-state index in [2.05, 4.69) is 9.97 Å². The molecule has 0 spiro atoms. The van der Waals surface area contributed by atoms with Crippen LogP contribution in [0.4, 0.5) is 8.78 Å². The zero-order chi connectivity index (χ0) is 22.0. The Morgan fingerprint density at radius 3 is 1.61 bits per heavy atom. The van der Waals surface area contributed by atoms with Gasteiger partial charge in [-0.3, -0.25) is 0 Å². The molecule has 0 atom stereocenters. The molecule has 2 heterocycles. The molecule has 31 heavy (non-hydrogen) atoms. The largest absolute Gasteiger partial charge is 0.396 e. The van der Waals surface area contributed by atoms with E-state index >= 15 is 0 Å². The number of hydrogen-bond donors (Lipinski definition) is 5. The van der Waals surface area contributed by atoms with Crippen molar-refractivity contribution >= 4 is 21.8 Å². The average molecular weight is 428 g/mol. The van der Waals surface area contributed by atoms with Crippen molar-refractivity contribution in [3.63, 3.8) is 0 Å². The lowest BCUT2D eigenvalue weighted by Crippen LogP contribution is -2.10. The fraction of sp³-hybridized carbons (Fsp3) is 0.333. The van der Waals surface area contributed by atoms with E-state index < -0.39 is 0 Å². The van der Waals surface area contributed by atoms with E-state index in [1.165, 1.54) is 24.3 Å². The fourth-order valence-electron chi connectivity index (χ4n) is 4.57. The SMILES string of the molecule is OCCCC(c1[nH]c2ccc(F)cc2c1CCO)c1[nH]c2ccc(F)cc2c1CCO. The maximum Gasteiger partial charge on any atom is 0.123 e. The summed E-state index contributed by atoms with van der Waals surface area (Å²) in [6.45, 7) is -0.180. The van der Waals surface area contributed by atoms with Gasteiger partial charge in [0, 0.05) is 58.9 Å². The topological polar surface area (TPSA) is 92.3 Å². The second kappa shape index (κ2) is 9.18. The summed E-state index contributed by atoms with van der Waals surface area (Å²) in [4.78, 5) is 6.79. The van der Waals surface area contributed by atoms with Gasteiger partial charge in [0.25, 0.3) is 0 Å². The molecule has 164 valence electrons. The zero-order valence-electron chi connectivity index (χ0n) is 17.1. The summed E-state index contributed by atoms with van der Waals surface area (Å²) in [6.07, 6.45) is 1.80. The molecule has 2 aromatic heterocycles. The van der Waals surface area contributed by atoms with Crippen molar-refractivity contribution in [3.8, 4) is 0 Å². The van der Waals surface area contributed by atoms with Gasteiger partial charge >= 0.3 is 0 Å². The fourth-order valence-corrected chi connectivity index (χ4v) is 4.57. The molecule has 7 heteroatoms. The average Bonchev–Trinajstić information content (AvgIpc) is 3.28. The lowest BCUT2D eigenvalue weighted by atomic mass is 9.88. The number of aliphatic hydroxyl groups is 3. The van der Waals surface area contributed by atoms with Gasteiger partial charge in [0.05, 0.1) is 0 Å². The minimum absolute atomic E-state index is 0.00484. The van der Waals surface area contributed by atoms with Crippen LogP contribution in [0.25, 0.3) is 21.8 Å². The Balaban J connectivity index is 1.95. The van der Waals surface area contributed by atoms with Crippen LogP contribution in [0.5, 0.6) is 0 Å². The van der Waals surface area contributed by atoms with Crippen LogP contribution in [-0.4, -0.2) is 45.1 Å². The number of rotatable bonds is 9. The van der Waals surface area contributed by atoms with Crippen molar-refractivity contribution in [3.05, 3.63) is 70.5 Å². The highest BCUT2D eigenvalue weighted by molar-refractivity contribution is 5.87. The first-order valence-corrected chi connectivity index (χ1v) is 10.5. The molecule has 4 aromatic rings. The van der Waals surface area contributed by atoms with E-state index in [9.17, 15) is 24.1 Å². The summed E-state index contributed by atoms with van der Waals surface area (Å²) < 4.78 is 27.9. The van der Waals surface area contributed by atoms with Crippen molar-refractivity contribution in [2.45, 2.75) is 31.6 Å². The molecule has 0 aliphatic heterocycles. The summed E-state index contributed by atoms with van der Waals surface area (Å²) in [5.74, 6) is -0.946. The molecule has 0 unspecified atom stereocenters. The van der Waals surface area contributed by atoms with Gasteiger partial charge in [-0.05, 0) is 73.2 Å². The molecule has 0 amide bonds. The van der Waals surface area contributed by atoms with Gasteiger partial charge in [-0.1, -0.05) is 0 Å². The summed E-state index contributed by atoms with van der Waals surface area (Å²) in [5.41, 5.74) is 4.82. The Hall–Kier alpha value is -2.74. The summed E-state index contributed by atoms with van der Waals surface area (Å²) in [7, 11) is 0. The number of aliphatic hydroxyl groups excluding tert-OH is 3. The Kier molecular flexibility index (Phi) is 6.36. The van der Waals surface area contributed by atoms with Gasteiger partial charge in [-0.15, -0.1) is 0 Å². The Morgan fingerprint density at radius 2 is 1.19 bits per heavy atom. The normalized spacial score (nSPS) is 11.9. The molecule has 5 nitrogen and oxygen atoms in total. The molecule has 0 saturated carbocycles. The predicted molar refractivity (Wildman–Crippen MR) is 116 cm³/mol. The van der Waals surface area contributed by atoms with Crippen LogP contribution < -0.4 is 0 Å². The molecule has 0 bridgehead atoms. The molecular weight excluding hydrogens is 402 g/mol. The highest BCUT2D eigenvalue weighted by Gasteiger charge is 2.26. The third kappa shape index (κ3) is 4.08. The first-order valence-electron chi connectivity index (χ1n) is 10.5. The minimum atomic E-state index is -0.355. The number of fused-ring (bicyclic) bond motifs is 2. The molecular formula is C24H26F2N2O3. The first-order chi connectivity index (χ1) is 15.1. The molecule has 0 radical (unpaired) electrons. The van der Waals surface area contributed by atoms with E-state index in [0.29, 0.717) is 36.5 Å². The lowest BCUT2D eigenvalue weighted by Gasteiger charge is -2.19. The standard InChI is InChI=1S/C24H26F2N2O3/c25-14-3-5-21-19(12-14)16(7-10-30)23(27-21)18(2-1-9-29)24-17(8-11-31)20-13-15(26)4-6-22(20)28-24/h3-6,12-13,18,27-31H,1-2,7-11H2.